The Bertz CT molecular complexity index is 1410. The van der Waals surface area contributed by atoms with Crippen LogP contribution in [-0.4, -0.2) is 38.6 Å². The topological polar surface area (TPSA) is 118 Å². The molecule has 1 aliphatic carbocycles. The third kappa shape index (κ3) is 9.64. The van der Waals surface area contributed by atoms with Crippen molar-refractivity contribution in [2.24, 2.45) is 5.92 Å². The number of ether oxygens (including phenoxy) is 2. The zero-order valence-electron chi connectivity index (χ0n) is 25.6. The van der Waals surface area contributed by atoms with Crippen LogP contribution in [0.4, 0.5) is 5.82 Å². The number of hydrogen-bond donors (Lipinski definition) is 4. The second-order valence-corrected chi connectivity index (χ2v) is 12.4. The standard InChI is InChI=1S/C37H46N2O5/c38-37-22-29-16-11-26(9-10-27-12-17-31(40)18-13-27)5-4-8-34(43-25-30(29)24-39-37)23-32(41)19-14-28-15-20-35(42)36(21-28)44-33-6-2-1-3-7-33/h12-13,15,17-18,20-22,24,26,32-34,40-42H,1-10,14,19,23,25H2,(H2,38,39)/t26-,32-,34+/m1/s1. The Morgan fingerprint density at radius 1 is 0.932 bits per heavy atom. The van der Waals surface area contributed by atoms with Gasteiger partial charge in [-0.25, -0.2) is 4.98 Å². The lowest BCUT2D eigenvalue weighted by Gasteiger charge is -2.24. The van der Waals surface area contributed by atoms with Crippen molar-refractivity contribution in [1.29, 1.82) is 0 Å². The van der Waals surface area contributed by atoms with E-state index >= 15 is 0 Å². The number of rotatable bonds is 10. The molecule has 3 atom stereocenters. The Morgan fingerprint density at radius 3 is 2.55 bits per heavy atom. The molecular formula is C37H46N2O5. The Morgan fingerprint density at radius 2 is 1.73 bits per heavy atom. The van der Waals surface area contributed by atoms with Crippen molar-refractivity contribution >= 4 is 5.82 Å². The van der Waals surface area contributed by atoms with E-state index in [1.54, 1.807) is 24.4 Å². The molecule has 1 saturated carbocycles. The second kappa shape index (κ2) is 15.8. The van der Waals surface area contributed by atoms with Gasteiger partial charge in [-0.15, -0.1) is 0 Å². The SMILES string of the molecule is Nc1cc2c(cn1)CO[C@H](C[C@H](O)CCc1ccc(O)c(OC3CCCCC3)c1)CCC[C@H](CCc1ccc(O)cc1)C#C2. The number of phenols is 2. The molecule has 0 spiro atoms. The van der Waals surface area contributed by atoms with E-state index in [2.05, 4.69) is 16.8 Å². The number of benzene rings is 2. The number of aromatic nitrogens is 1. The molecule has 2 heterocycles. The predicted molar refractivity (Wildman–Crippen MR) is 172 cm³/mol. The van der Waals surface area contributed by atoms with E-state index in [0.717, 1.165) is 61.6 Å². The lowest BCUT2D eigenvalue weighted by Crippen LogP contribution is -2.22. The highest BCUT2D eigenvalue weighted by atomic mass is 16.5. The minimum Gasteiger partial charge on any atom is -0.508 e. The first-order valence-corrected chi connectivity index (χ1v) is 16.2. The van der Waals surface area contributed by atoms with Gasteiger partial charge in [-0.2, -0.15) is 0 Å². The monoisotopic (exact) mass is 598 g/mol. The van der Waals surface area contributed by atoms with Gasteiger partial charge in [-0.3, -0.25) is 0 Å². The summed E-state index contributed by atoms with van der Waals surface area (Å²) in [6.07, 6.45) is 13.3. The largest absolute Gasteiger partial charge is 0.508 e. The van der Waals surface area contributed by atoms with Gasteiger partial charge >= 0.3 is 0 Å². The van der Waals surface area contributed by atoms with Gasteiger partial charge in [0.15, 0.2) is 11.5 Å². The molecule has 0 saturated heterocycles. The van der Waals surface area contributed by atoms with Crippen LogP contribution in [0.5, 0.6) is 17.2 Å². The van der Waals surface area contributed by atoms with Gasteiger partial charge < -0.3 is 30.5 Å². The van der Waals surface area contributed by atoms with E-state index in [-0.39, 0.29) is 29.6 Å². The van der Waals surface area contributed by atoms with Crippen LogP contribution in [0.25, 0.3) is 0 Å². The summed E-state index contributed by atoms with van der Waals surface area (Å²) in [6, 6.07) is 14.7. The van der Waals surface area contributed by atoms with Crippen molar-refractivity contribution in [3.8, 4) is 29.1 Å². The van der Waals surface area contributed by atoms with Crippen LogP contribution < -0.4 is 10.5 Å². The highest BCUT2D eigenvalue weighted by Gasteiger charge is 2.20. The first-order valence-electron chi connectivity index (χ1n) is 16.2. The lowest BCUT2D eigenvalue weighted by molar-refractivity contribution is -0.00383. The van der Waals surface area contributed by atoms with E-state index < -0.39 is 6.10 Å². The third-order valence-electron chi connectivity index (χ3n) is 8.86. The van der Waals surface area contributed by atoms with Gasteiger partial charge in [0.2, 0.25) is 0 Å². The maximum absolute atomic E-state index is 11.1. The van der Waals surface area contributed by atoms with E-state index in [4.69, 9.17) is 15.2 Å². The maximum Gasteiger partial charge on any atom is 0.161 e. The molecule has 7 heteroatoms. The Labute approximate surface area is 261 Å². The molecule has 3 aromatic rings. The number of fused-ring (bicyclic) bond motifs is 1. The van der Waals surface area contributed by atoms with Crippen molar-refractivity contribution in [2.45, 2.75) is 108 Å². The summed E-state index contributed by atoms with van der Waals surface area (Å²) in [4.78, 5) is 4.28. The zero-order valence-corrected chi connectivity index (χ0v) is 25.6. The molecule has 1 aromatic heterocycles. The van der Waals surface area contributed by atoms with Crippen LogP contribution in [0.3, 0.4) is 0 Å². The first-order chi connectivity index (χ1) is 21.4. The van der Waals surface area contributed by atoms with Crippen LogP contribution in [0, 0.1) is 17.8 Å². The number of nitrogens with two attached hydrogens (primary N) is 1. The highest BCUT2D eigenvalue weighted by Crippen LogP contribution is 2.32. The summed E-state index contributed by atoms with van der Waals surface area (Å²) in [5.41, 5.74) is 9.96. The molecule has 0 amide bonds. The molecular weight excluding hydrogens is 552 g/mol. The summed E-state index contributed by atoms with van der Waals surface area (Å²) in [6.45, 7) is 0.368. The number of hydrogen-bond acceptors (Lipinski definition) is 7. The van der Waals surface area contributed by atoms with Crippen LogP contribution in [0.1, 0.15) is 92.9 Å². The summed E-state index contributed by atoms with van der Waals surface area (Å²) < 4.78 is 12.5. The number of aliphatic hydroxyl groups excluding tert-OH is 1. The van der Waals surface area contributed by atoms with Crippen LogP contribution in [0.15, 0.2) is 54.7 Å². The van der Waals surface area contributed by atoms with Crippen molar-refractivity contribution in [1.82, 2.24) is 4.98 Å². The summed E-state index contributed by atoms with van der Waals surface area (Å²) >= 11 is 0. The lowest BCUT2D eigenvalue weighted by atomic mass is 9.92. The van der Waals surface area contributed by atoms with Crippen molar-refractivity contribution in [3.05, 3.63) is 77.0 Å². The predicted octanol–water partition coefficient (Wildman–Crippen LogP) is 6.84. The van der Waals surface area contributed by atoms with Gasteiger partial charge in [-0.05, 0) is 119 Å². The van der Waals surface area contributed by atoms with E-state index in [9.17, 15) is 15.3 Å². The van der Waals surface area contributed by atoms with Crippen molar-refractivity contribution in [3.63, 3.8) is 0 Å². The first kappa shape index (κ1) is 31.7. The fraction of sp³-hybridized carbons (Fsp3) is 0.486. The van der Waals surface area contributed by atoms with E-state index in [1.807, 2.05) is 30.3 Å². The Hall–Kier alpha value is -3.73. The molecule has 7 nitrogen and oxygen atoms in total. The Balaban J connectivity index is 1.19. The number of aryl methyl sites for hydroxylation is 2. The number of aromatic hydroxyl groups is 2. The summed E-state index contributed by atoms with van der Waals surface area (Å²) in [7, 11) is 0. The quantitative estimate of drug-likeness (QED) is 0.189. The second-order valence-electron chi connectivity index (χ2n) is 12.4. The van der Waals surface area contributed by atoms with Gasteiger partial charge in [0.1, 0.15) is 11.6 Å². The average Bonchev–Trinajstić information content (AvgIpc) is 3.06. The molecule has 5 N–H and O–H groups in total. The minimum atomic E-state index is -0.521. The molecule has 44 heavy (non-hydrogen) atoms. The van der Waals surface area contributed by atoms with E-state index in [1.165, 1.54) is 24.8 Å². The van der Waals surface area contributed by atoms with Crippen LogP contribution in [-0.2, 0) is 24.2 Å². The van der Waals surface area contributed by atoms with Gasteiger partial charge in [-0.1, -0.05) is 36.5 Å². The van der Waals surface area contributed by atoms with Gasteiger partial charge in [0, 0.05) is 23.2 Å². The van der Waals surface area contributed by atoms with Crippen LogP contribution in [0.2, 0.25) is 0 Å². The fourth-order valence-corrected chi connectivity index (χ4v) is 6.20. The van der Waals surface area contributed by atoms with Crippen LogP contribution >= 0.6 is 0 Å². The molecule has 1 fully saturated rings. The molecule has 234 valence electrons. The minimum absolute atomic E-state index is 0.101. The average molecular weight is 599 g/mol. The van der Waals surface area contributed by atoms with Crippen molar-refractivity contribution < 1.29 is 24.8 Å². The third-order valence-corrected chi connectivity index (χ3v) is 8.86. The fourth-order valence-electron chi connectivity index (χ4n) is 6.20. The molecule has 5 rings (SSSR count). The smallest absolute Gasteiger partial charge is 0.161 e. The normalized spacial score (nSPS) is 20.0. The maximum atomic E-state index is 11.1. The number of pyridine rings is 1. The van der Waals surface area contributed by atoms with Gasteiger partial charge in [0.25, 0.3) is 0 Å². The molecule has 1 aliphatic heterocycles. The van der Waals surface area contributed by atoms with Gasteiger partial charge in [0.05, 0.1) is 24.9 Å². The number of aliphatic hydroxyl groups is 1. The number of nitrogens with zero attached hydrogens (tertiary/aromatic N) is 1. The number of anilines is 1. The summed E-state index contributed by atoms with van der Waals surface area (Å²) in [5.74, 6) is 8.48. The Kier molecular flexibility index (Phi) is 11.4. The summed E-state index contributed by atoms with van der Waals surface area (Å²) in [5, 5.41) is 31.0. The zero-order chi connectivity index (χ0) is 30.7. The molecule has 2 aromatic carbocycles. The van der Waals surface area contributed by atoms with Crippen molar-refractivity contribution in [2.75, 3.05) is 5.73 Å². The molecule has 0 bridgehead atoms. The molecule has 0 radical (unpaired) electrons. The highest BCUT2D eigenvalue weighted by molar-refractivity contribution is 5.47. The molecule has 0 unspecified atom stereocenters. The molecule has 2 aliphatic rings. The number of phenolic OH excluding ortho intramolecular Hbond substituents is 2. The van der Waals surface area contributed by atoms with E-state index in [0.29, 0.717) is 37.4 Å². The number of nitrogen functional groups attached to an aromatic ring is 1.